The zero-order valence-corrected chi connectivity index (χ0v) is 21.1. The molecule has 0 aliphatic heterocycles. The zero-order valence-electron chi connectivity index (χ0n) is 21.1. The molecular formula is C29H48O2. The van der Waals surface area contributed by atoms with Gasteiger partial charge < -0.3 is 5.11 Å². The highest BCUT2D eigenvalue weighted by Crippen LogP contribution is 2.67. The van der Waals surface area contributed by atoms with E-state index in [4.69, 9.17) is 0 Å². The second kappa shape index (κ2) is 8.62. The van der Waals surface area contributed by atoms with E-state index < -0.39 is 0 Å². The van der Waals surface area contributed by atoms with Crippen molar-refractivity contribution in [1.82, 2.24) is 0 Å². The topological polar surface area (TPSA) is 37.3 Å². The third-order valence-electron chi connectivity index (χ3n) is 11.2. The molecule has 4 aliphatic carbocycles. The van der Waals surface area contributed by atoms with Crippen LogP contribution in [0.3, 0.4) is 0 Å². The highest BCUT2D eigenvalue weighted by Gasteiger charge is 2.61. The first kappa shape index (κ1) is 23.5. The summed E-state index contributed by atoms with van der Waals surface area (Å²) in [7, 11) is 0. The van der Waals surface area contributed by atoms with Crippen LogP contribution >= 0.6 is 0 Å². The number of aliphatic hydroxyl groups excluding tert-OH is 1. The first-order valence-corrected chi connectivity index (χ1v) is 13.5. The van der Waals surface area contributed by atoms with Crippen molar-refractivity contribution < 1.29 is 9.90 Å². The molecule has 2 heteroatoms. The summed E-state index contributed by atoms with van der Waals surface area (Å²) in [5.41, 5.74) is 1.81. The molecule has 4 rings (SSSR count). The van der Waals surface area contributed by atoms with Crippen molar-refractivity contribution in [2.24, 2.45) is 52.3 Å². The van der Waals surface area contributed by atoms with Gasteiger partial charge in [0, 0.05) is 6.42 Å². The molecule has 4 aliphatic rings. The molecule has 9 atom stereocenters. The van der Waals surface area contributed by atoms with Crippen LogP contribution in [0.4, 0.5) is 0 Å². The Balaban J connectivity index is 1.52. The van der Waals surface area contributed by atoms with E-state index in [1.54, 1.807) is 0 Å². The molecule has 3 saturated carbocycles. The van der Waals surface area contributed by atoms with Gasteiger partial charge in [-0.2, -0.15) is 0 Å². The number of hydrogen-bond donors (Lipinski definition) is 1. The van der Waals surface area contributed by atoms with Gasteiger partial charge in [0.2, 0.25) is 0 Å². The summed E-state index contributed by atoms with van der Waals surface area (Å²) in [6.07, 6.45) is 13.4. The van der Waals surface area contributed by atoms with Gasteiger partial charge in [-0.1, -0.05) is 60.0 Å². The molecule has 0 aromatic rings. The van der Waals surface area contributed by atoms with Crippen molar-refractivity contribution in [3.8, 4) is 0 Å². The number of carbonyl (C=O) groups is 1. The van der Waals surface area contributed by atoms with Gasteiger partial charge >= 0.3 is 0 Å². The average Bonchev–Trinajstić information content (AvgIpc) is 3.06. The molecule has 0 bridgehead atoms. The van der Waals surface area contributed by atoms with Gasteiger partial charge in [-0.3, -0.25) is 4.79 Å². The maximum absolute atomic E-state index is 12.1. The Bertz CT molecular complexity index is 708. The number of ketones is 1. The van der Waals surface area contributed by atoms with Crippen molar-refractivity contribution in [3.63, 3.8) is 0 Å². The van der Waals surface area contributed by atoms with E-state index >= 15 is 0 Å². The number of rotatable bonds is 6. The van der Waals surface area contributed by atoms with E-state index in [1.165, 1.54) is 50.5 Å². The Morgan fingerprint density at radius 3 is 2.48 bits per heavy atom. The molecule has 0 amide bonds. The van der Waals surface area contributed by atoms with E-state index in [-0.39, 0.29) is 17.3 Å². The van der Waals surface area contributed by atoms with Crippen molar-refractivity contribution in [1.29, 1.82) is 0 Å². The predicted octanol–water partition coefficient (Wildman–Crippen LogP) is 7.20. The number of carbonyl (C=O) groups excluding carboxylic acids is 1. The summed E-state index contributed by atoms with van der Waals surface area (Å²) in [4.78, 5) is 12.1. The van der Waals surface area contributed by atoms with Crippen LogP contribution in [0.25, 0.3) is 0 Å². The minimum Gasteiger partial charge on any atom is -0.392 e. The summed E-state index contributed by atoms with van der Waals surface area (Å²) >= 11 is 0. The molecule has 0 heterocycles. The second-order valence-electron chi connectivity index (χ2n) is 12.8. The van der Waals surface area contributed by atoms with Gasteiger partial charge in [-0.15, -0.1) is 0 Å². The van der Waals surface area contributed by atoms with E-state index in [9.17, 15) is 9.90 Å². The highest BCUT2D eigenvalue weighted by molar-refractivity contribution is 5.91. The third kappa shape index (κ3) is 3.87. The minimum atomic E-state index is -0.251. The molecule has 0 spiro atoms. The van der Waals surface area contributed by atoms with Crippen LogP contribution in [-0.2, 0) is 4.79 Å². The molecule has 3 fully saturated rings. The molecular weight excluding hydrogens is 380 g/mol. The standard InChI is InChI=1S/C29H48O2/c1-7-20(18(2)3)9-8-19(4)23-10-11-24-27-25(13-15-29(23,24)6)28(5)14-12-22(30)16-21(28)17-26(27)31/h16,18-20,23-27,31H,7-15,17H2,1-6H3. The van der Waals surface area contributed by atoms with Gasteiger partial charge in [0.25, 0.3) is 0 Å². The molecule has 0 aromatic heterocycles. The van der Waals surface area contributed by atoms with Crippen LogP contribution in [0.1, 0.15) is 106 Å². The lowest BCUT2D eigenvalue weighted by atomic mass is 9.45. The largest absolute Gasteiger partial charge is 0.392 e. The first-order chi connectivity index (χ1) is 14.6. The van der Waals surface area contributed by atoms with Gasteiger partial charge in [0.05, 0.1) is 6.10 Å². The Hall–Kier alpha value is -0.630. The molecule has 0 radical (unpaired) electrons. The van der Waals surface area contributed by atoms with Gasteiger partial charge in [0.15, 0.2) is 5.78 Å². The normalized spacial score (nSPS) is 44.3. The Morgan fingerprint density at radius 2 is 1.81 bits per heavy atom. The SMILES string of the molecule is CCC(CCC(C)C1CCC2C3C(O)CC4=CC(=O)CCC4(C)C3CCC12C)C(C)C. The van der Waals surface area contributed by atoms with Crippen LogP contribution in [0.2, 0.25) is 0 Å². The van der Waals surface area contributed by atoms with Gasteiger partial charge in [-0.05, 0) is 103 Å². The van der Waals surface area contributed by atoms with Crippen LogP contribution < -0.4 is 0 Å². The number of hydrogen-bond acceptors (Lipinski definition) is 2. The Kier molecular flexibility index (Phi) is 6.54. The zero-order chi connectivity index (χ0) is 22.6. The summed E-state index contributed by atoms with van der Waals surface area (Å²) in [6.45, 7) is 14.7. The average molecular weight is 429 g/mol. The summed E-state index contributed by atoms with van der Waals surface area (Å²) in [5, 5.41) is 11.3. The fraction of sp³-hybridized carbons (Fsp3) is 0.897. The van der Waals surface area contributed by atoms with Crippen LogP contribution in [-0.4, -0.2) is 17.0 Å². The van der Waals surface area contributed by atoms with Crippen LogP contribution in [0, 0.1) is 52.3 Å². The van der Waals surface area contributed by atoms with E-state index in [0.717, 1.165) is 36.5 Å². The van der Waals surface area contributed by atoms with Crippen molar-refractivity contribution >= 4 is 5.78 Å². The van der Waals surface area contributed by atoms with Crippen LogP contribution in [0.15, 0.2) is 11.6 Å². The maximum Gasteiger partial charge on any atom is 0.155 e. The first-order valence-electron chi connectivity index (χ1n) is 13.5. The van der Waals surface area contributed by atoms with E-state index in [0.29, 0.717) is 29.6 Å². The predicted molar refractivity (Wildman–Crippen MR) is 129 cm³/mol. The van der Waals surface area contributed by atoms with Crippen molar-refractivity contribution in [2.75, 3.05) is 0 Å². The lowest BCUT2D eigenvalue weighted by Crippen LogP contribution is -2.55. The van der Waals surface area contributed by atoms with Gasteiger partial charge in [0.1, 0.15) is 0 Å². The highest BCUT2D eigenvalue weighted by atomic mass is 16.3. The summed E-state index contributed by atoms with van der Waals surface area (Å²) in [6, 6.07) is 0. The maximum atomic E-state index is 12.1. The molecule has 1 N–H and O–H groups in total. The smallest absolute Gasteiger partial charge is 0.155 e. The second-order valence-corrected chi connectivity index (χ2v) is 12.8. The Morgan fingerprint density at radius 1 is 1.06 bits per heavy atom. The fourth-order valence-electron chi connectivity index (χ4n) is 9.19. The summed E-state index contributed by atoms with van der Waals surface area (Å²) in [5.74, 6) is 5.20. The van der Waals surface area contributed by atoms with Crippen LogP contribution in [0.5, 0.6) is 0 Å². The molecule has 9 unspecified atom stereocenters. The monoisotopic (exact) mass is 428 g/mol. The lowest BCUT2D eigenvalue weighted by molar-refractivity contribution is -0.124. The molecule has 176 valence electrons. The lowest BCUT2D eigenvalue weighted by Gasteiger charge is -2.60. The third-order valence-corrected chi connectivity index (χ3v) is 11.2. The minimum absolute atomic E-state index is 0.147. The molecule has 2 nitrogen and oxygen atoms in total. The quantitative estimate of drug-likeness (QED) is 0.485. The number of aliphatic hydroxyl groups is 1. The number of fused-ring (bicyclic) bond motifs is 5. The fourth-order valence-corrected chi connectivity index (χ4v) is 9.19. The Labute approximate surface area is 191 Å². The van der Waals surface area contributed by atoms with E-state index in [2.05, 4.69) is 41.5 Å². The molecule has 0 aromatic carbocycles. The molecule has 0 saturated heterocycles. The summed E-state index contributed by atoms with van der Waals surface area (Å²) < 4.78 is 0. The molecule has 31 heavy (non-hydrogen) atoms. The van der Waals surface area contributed by atoms with Crippen molar-refractivity contribution in [3.05, 3.63) is 11.6 Å². The van der Waals surface area contributed by atoms with Crippen molar-refractivity contribution in [2.45, 2.75) is 112 Å². The van der Waals surface area contributed by atoms with E-state index in [1.807, 2.05) is 6.08 Å². The van der Waals surface area contributed by atoms with Gasteiger partial charge in [-0.25, -0.2) is 0 Å².